The third kappa shape index (κ3) is 4.72. The average Bonchev–Trinajstić information content (AvgIpc) is 3.22. The molecule has 0 aromatic carbocycles. The third-order valence-electron chi connectivity index (χ3n) is 6.05. The first-order chi connectivity index (χ1) is 17.1. The molecule has 0 saturated heterocycles. The second-order valence-corrected chi connectivity index (χ2v) is 9.75. The maximum absolute atomic E-state index is 13.2. The van der Waals surface area contributed by atoms with Gasteiger partial charge in [-0.1, -0.05) is 0 Å². The van der Waals surface area contributed by atoms with Crippen LogP contribution in [0.5, 0.6) is 0 Å². The molecule has 10 nitrogen and oxygen atoms in total. The molecule has 1 amide bonds. The molecule has 1 aliphatic heterocycles. The van der Waals surface area contributed by atoms with Crippen LogP contribution in [0.4, 0.5) is 30.4 Å². The zero-order valence-electron chi connectivity index (χ0n) is 19.7. The molecule has 1 saturated carbocycles. The van der Waals surface area contributed by atoms with Gasteiger partial charge in [0.25, 0.3) is 5.91 Å². The Balaban J connectivity index is 1.36. The van der Waals surface area contributed by atoms with Gasteiger partial charge in [-0.15, -0.1) is 21.5 Å². The van der Waals surface area contributed by atoms with Crippen LogP contribution in [0.3, 0.4) is 0 Å². The molecule has 0 bridgehead atoms. The number of hydrogen-bond donors (Lipinski definition) is 2. The van der Waals surface area contributed by atoms with Gasteiger partial charge >= 0.3 is 6.18 Å². The lowest BCUT2D eigenvalue weighted by Crippen LogP contribution is -2.24. The summed E-state index contributed by atoms with van der Waals surface area (Å²) in [7, 11) is 3.81. The number of anilines is 3. The van der Waals surface area contributed by atoms with Crippen LogP contribution in [0.1, 0.15) is 36.3 Å². The minimum atomic E-state index is -4.47. The first-order valence-electron chi connectivity index (χ1n) is 11.2. The van der Waals surface area contributed by atoms with E-state index in [-0.39, 0.29) is 22.3 Å². The van der Waals surface area contributed by atoms with Crippen LogP contribution in [-0.2, 0) is 0 Å². The number of hydrogen-bond acceptors (Lipinski definition) is 9. The predicted molar refractivity (Wildman–Crippen MR) is 130 cm³/mol. The summed E-state index contributed by atoms with van der Waals surface area (Å²) in [5.41, 5.74) is 3.07. The Hall–Kier alpha value is -3.68. The number of carbonyl (C=O) groups is 1. The highest BCUT2D eigenvalue weighted by atomic mass is 32.1. The number of alkyl halides is 3. The summed E-state index contributed by atoms with van der Waals surface area (Å²) in [6.07, 6.45) is 2.62. The van der Waals surface area contributed by atoms with E-state index in [0.717, 1.165) is 40.5 Å². The Bertz CT molecular complexity index is 1310. The minimum absolute atomic E-state index is 0.0270. The van der Waals surface area contributed by atoms with Crippen LogP contribution in [0, 0.1) is 5.92 Å². The van der Waals surface area contributed by atoms with E-state index >= 15 is 0 Å². The fourth-order valence-corrected chi connectivity index (χ4v) is 4.56. The van der Waals surface area contributed by atoms with E-state index in [0.29, 0.717) is 12.6 Å². The predicted octanol–water partition coefficient (Wildman–Crippen LogP) is 3.86. The van der Waals surface area contributed by atoms with Gasteiger partial charge in [0.1, 0.15) is 23.9 Å². The Morgan fingerprint density at radius 3 is 2.81 bits per heavy atom. The highest BCUT2D eigenvalue weighted by Crippen LogP contribution is 2.39. The number of allylic oxidation sites excluding steroid dienone is 1. The van der Waals surface area contributed by atoms with Crippen LogP contribution >= 0.6 is 11.3 Å². The molecule has 5 rings (SSSR count). The van der Waals surface area contributed by atoms with Crippen LogP contribution in [0.15, 0.2) is 35.9 Å². The van der Waals surface area contributed by atoms with Gasteiger partial charge in [0, 0.05) is 37.3 Å². The first kappa shape index (κ1) is 24.0. The van der Waals surface area contributed by atoms with E-state index in [9.17, 15) is 18.0 Å². The van der Waals surface area contributed by atoms with Crippen molar-refractivity contribution in [1.29, 1.82) is 0 Å². The minimum Gasteiger partial charge on any atom is -0.375 e. The third-order valence-corrected chi connectivity index (χ3v) is 6.89. The molecule has 0 spiro atoms. The zero-order chi connectivity index (χ0) is 25.6. The highest BCUT2D eigenvalue weighted by molar-refractivity contribution is 7.13. The number of nitrogens with one attached hydrogen (secondary N) is 2. The van der Waals surface area contributed by atoms with E-state index < -0.39 is 18.1 Å². The van der Waals surface area contributed by atoms with Gasteiger partial charge in [-0.2, -0.15) is 13.2 Å². The van der Waals surface area contributed by atoms with Crippen molar-refractivity contribution in [3.8, 4) is 10.8 Å². The number of halogens is 3. The van der Waals surface area contributed by atoms with Gasteiger partial charge < -0.3 is 20.4 Å². The van der Waals surface area contributed by atoms with E-state index in [1.54, 1.807) is 12.3 Å². The molecule has 3 aromatic heterocycles. The summed E-state index contributed by atoms with van der Waals surface area (Å²) in [5, 5.41) is 15.2. The van der Waals surface area contributed by atoms with Crippen LogP contribution in [-0.4, -0.2) is 57.6 Å². The molecule has 0 radical (unpaired) electrons. The molecule has 36 heavy (non-hydrogen) atoms. The average molecular weight is 520 g/mol. The van der Waals surface area contributed by atoms with Crippen molar-refractivity contribution in [1.82, 2.24) is 30.0 Å². The van der Waals surface area contributed by atoms with E-state index in [2.05, 4.69) is 41.9 Å². The molecule has 3 aromatic rings. The highest BCUT2D eigenvalue weighted by Gasteiger charge is 2.39. The summed E-state index contributed by atoms with van der Waals surface area (Å²) in [5.74, 6) is 0.252. The fourth-order valence-electron chi connectivity index (χ4n) is 3.82. The normalized spacial score (nSPS) is 16.5. The van der Waals surface area contributed by atoms with Crippen molar-refractivity contribution >= 4 is 34.4 Å². The summed E-state index contributed by atoms with van der Waals surface area (Å²) < 4.78 is 40.5. The molecule has 1 atom stereocenters. The summed E-state index contributed by atoms with van der Waals surface area (Å²) in [6, 6.07) is -0.107. The van der Waals surface area contributed by atoms with Crippen LogP contribution < -0.4 is 20.4 Å². The Morgan fingerprint density at radius 2 is 2.11 bits per heavy atom. The number of pyridine rings is 1. The monoisotopic (exact) mass is 519 g/mol. The maximum atomic E-state index is 13.2. The van der Waals surface area contributed by atoms with Gasteiger partial charge in [-0.05, 0) is 25.8 Å². The summed E-state index contributed by atoms with van der Waals surface area (Å²) >= 11 is 1.06. The van der Waals surface area contributed by atoms with Crippen LogP contribution in [0.2, 0.25) is 0 Å². The van der Waals surface area contributed by atoms with E-state index in [4.69, 9.17) is 0 Å². The molecular weight excluding hydrogens is 495 g/mol. The molecule has 0 unspecified atom stereocenters. The summed E-state index contributed by atoms with van der Waals surface area (Å²) in [4.78, 5) is 25.5. The number of carbonyl (C=O) groups excluding carboxylic acids is 1. The first-order valence-corrected chi connectivity index (χ1v) is 12.1. The van der Waals surface area contributed by atoms with Crippen molar-refractivity contribution in [3.63, 3.8) is 0 Å². The Kier molecular flexibility index (Phi) is 6.06. The molecule has 4 heterocycles. The summed E-state index contributed by atoms with van der Waals surface area (Å²) in [6.45, 7) is 1.62. The number of amides is 1. The molecular formula is C22H24F3N9OS. The smallest absolute Gasteiger partial charge is 0.375 e. The molecule has 2 N–H and O–H groups in total. The van der Waals surface area contributed by atoms with Gasteiger partial charge in [-0.3, -0.25) is 9.36 Å². The Morgan fingerprint density at radius 1 is 1.33 bits per heavy atom. The lowest BCUT2D eigenvalue weighted by Gasteiger charge is -2.23. The number of aromatic nitrogens is 5. The maximum Gasteiger partial charge on any atom is 0.408 e. The van der Waals surface area contributed by atoms with Crippen molar-refractivity contribution in [3.05, 3.63) is 41.6 Å². The van der Waals surface area contributed by atoms with Crippen molar-refractivity contribution in [2.24, 2.45) is 5.92 Å². The van der Waals surface area contributed by atoms with E-state index in [1.807, 2.05) is 19.0 Å². The van der Waals surface area contributed by atoms with Crippen LogP contribution in [0.25, 0.3) is 10.8 Å². The largest absolute Gasteiger partial charge is 0.408 e. The molecule has 1 aliphatic carbocycles. The number of thiazole rings is 1. The molecule has 1 fully saturated rings. The van der Waals surface area contributed by atoms with Gasteiger partial charge in [0.15, 0.2) is 10.8 Å². The molecule has 2 aliphatic rings. The van der Waals surface area contributed by atoms with Gasteiger partial charge in [-0.25, -0.2) is 9.97 Å². The fraction of sp³-hybridized carbons (Fsp3) is 0.409. The van der Waals surface area contributed by atoms with Crippen molar-refractivity contribution in [2.75, 3.05) is 35.9 Å². The lowest BCUT2D eigenvalue weighted by atomic mass is 10.2. The van der Waals surface area contributed by atoms with Crippen molar-refractivity contribution < 1.29 is 18.0 Å². The zero-order valence-corrected chi connectivity index (χ0v) is 20.6. The second kappa shape index (κ2) is 9.08. The van der Waals surface area contributed by atoms with Gasteiger partial charge in [0.2, 0.25) is 0 Å². The lowest BCUT2D eigenvalue weighted by molar-refractivity contribution is -0.162. The topological polar surface area (TPSA) is 104 Å². The van der Waals surface area contributed by atoms with Gasteiger partial charge in [0.05, 0.1) is 24.2 Å². The number of nitrogens with zero attached hydrogens (tertiary/aromatic N) is 7. The molecule has 190 valence electrons. The Labute approximate surface area is 208 Å². The number of rotatable bonds is 7. The van der Waals surface area contributed by atoms with E-state index in [1.165, 1.54) is 23.9 Å². The van der Waals surface area contributed by atoms with Crippen molar-refractivity contribution in [2.45, 2.75) is 32.0 Å². The SMILES string of the molecule is C[C@H](n1cnnc1-c1nc(NC(=O)c2cc(N3C=C(C4CC4)NC3)c(N(C)C)cn2)cs1)C(F)(F)F. The quantitative estimate of drug-likeness (QED) is 0.485. The second-order valence-electron chi connectivity index (χ2n) is 8.89. The molecule has 14 heteroatoms. The standard InChI is InChI=1S/C22H24F3N9OS/c1-12(22(23,24)25)34-11-28-31-19(34)21-30-18(9-36-21)29-20(35)14-6-16(17(7-26-14)32(2)3)33-8-15(27-10-33)13-4-5-13/h6-9,11-13,27H,4-5,10H2,1-3H3,(H,29,35)/t12-/m0/s1.